The summed E-state index contributed by atoms with van der Waals surface area (Å²) in [7, 11) is 0. The lowest BCUT2D eigenvalue weighted by atomic mass is 10.1. The number of hydrogen-bond acceptors (Lipinski definition) is 1. The summed E-state index contributed by atoms with van der Waals surface area (Å²) < 4.78 is 25.8. The van der Waals surface area contributed by atoms with Crippen LogP contribution in [-0.2, 0) is 0 Å². The monoisotopic (exact) mass is 196 g/mol. The van der Waals surface area contributed by atoms with Crippen LogP contribution in [0.4, 0.5) is 8.78 Å². The highest BCUT2D eigenvalue weighted by Crippen LogP contribution is 2.12. The highest BCUT2D eigenvalue weighted by Gasteiger charge is 2.12. The zero-order valence-electron chi connectivity index (χ0n) is 7.97. The van der Waals surface area contributed by atoms with Crippen LogP contribution >= 0.6 is 0 Å². The van der Waals surface area contributed by atoms with E-state index in [0.717, 1.165) is 11.6 Å². The Morgan fingerprint density at radius 1 is 1.29 bits per heavy atom. The predicted molar refractivity (Wildman–Crippen MR) is 50.1 cm³/mol. The van der Waals surface area contributed by atoms with Gasteiger partial charge in [-0.1, -0.05) is 11.6 Å². The van der Waals surface area contributed by atoms with Crippen LogP contribution in [0.2, 0.25) is 0 Å². The van der Waals surface area contributed by atoms with Crippen LogP contribution in [0.15, 0.2) is 29.8 Å². The van der Waals surface area contributed by atoms with Crippen molar-refractivity contribution in [3.63, 3.8) is 0 Å². The first kappa shape index (κ1) is 10.6. The molecule has 0 unspecified atom stereocenters. The summed E-state index contributed by atoms with van der Waals surface area (Å²) in [5.74, 6) is -2.60. The molecule has 0 aromatic heterocycles. The molecule has 0 aliphatic carbocycles. The van der Waals surface area contributed by atoms with Gasteiger partial charge in [-0.3, -0.25) is 4.79 Å². The van der Waals surface area contributed by atoms with Gasteiger partial charge in [0.1, 0.15) is 0 Å². The van der Waals surface area contributed by atoms with Gasteiger partial charge in [0.05, 0.1) is 5.56 Å². The Labute approximate surface area is 81.1 Å². The molecule has 0 amide bonds. The minimum absolute atomic E-state index is 0.230. The molecule has 0 saturated heterocycles. The molecule has 1 rings (SSSR count). The summed E-state index contributed by atoms with van der Waals surface area (Å²) >= 11 is 0. The molecule has 0 saturated carbocycles. The van der Waals surface area contributed by atoms with Crippen LogP contribution in [0.3, 0.4) is 0 Å². The second-order valence-electron chi connectivity index (χ2n) is 3.19. The third kappa shape index (κ3) is 2.25. The van der Waals surface area contributed by atoms with Gasteiger partial charge in [-0.25, -0.2) is 8.78 Å². The second kappa shape index (κ2) is 4.13. The fourth-order valence-electron chi connectivity index (χ4n) is 1.03. The molecule has 3 heteroatoms. The fraction of sp³-hybridized carbons (Fsp3) is 0.182. The number of carbonyl (C=O) groups excluding carboxylic acids is 1. The van der Waals surface area contributed by atoms with Crippen molar-refractivity contribution in [1.82, 2.24) is 0 Å². The highest BCUT2D eigenvalue weighted by atomic mass is 19.2. The molecule has 1 nitrogen and oxygen atoms in total. The fourth-order valence-corrected chi connectivity index (χ4v) is 1.03. The maximum atomic E-state index is 13.1. The zero-order chi connectivity index (χ0) is 10.7. The molecule has 0 N–H and O–H groups in total. The lowest BCUT2D eigenvalue weighted by Gasteiger charge is -1.99. The van der Waals surface area contributed by atoms with Crippen molar-refractivity contribution in [2.75, 3.05) is 0 Å². The lowest BCUT2D eigenvalue weighted by Crippen LogP contribution is -2.01. The first-order valence-electron chi connectivity index (χ1n) is 4.15. The molecule has 0 radical (unpaired) electrons. The van der Waals surface area contributed by atoms with E-state index in [-0.39, 0.29) is 5.56 Å². The van der Waals surface area contributed by atoms with Gasteiger partial charge in [-0.05, 0) is 32.1 Å². The normalized spacial score (nSPS) is 9.71. The van der Waals surface area contributed by atoms with Gasteiger partial charge in [0.25, 0.3) is 0 Å². The van der Waals surface area contributed by atoms with E-state index in [9.17, 15) is 13.6 Å². The molecule has 74 valence electrons. The van der Waals surface area contributed by atoms with E-state index in [2.05, 4.69) is 0 Å². The van der Waals surface area contributed by atoms with E-state index < -0.39 is 17.4 Å². The van der Waals surface area contributed by atoms with Crippen LogP contribution in [0.1, 0.15) is 24.2 Å². The number of benzene rings is 1. The first-order chi connectivity index (χ1) is 6.52. The molecule has 0 aliphatic rings. The molecular weight excluding hydrogens is 186 g/mol. The largest absolute Gasteiger partial charge is 0.289 e. The van der Waals surface area contributed by atoms with Crippen LogP contribution in [0, 0.1) is 11.6 Å². The molecule has 0 heterocycles. The number of halogens is 2. The molecule has 0 spiro atoms. The minimum atomic E-state index is -1.09. The Bertz CT molecular complexity index is 390. The summed E-state index contributed by atoms with van der Waals surface area (Å²) in [6.45, 7) is 3.43. The van der Waals surface area contributed by atoms with Crippen molar-refractivity contribution < 1.29 is 13.6 Å². The van der Waals surface area contributed by atoms with Gasteiger partial charge in [0.2, 0.25) is 0 Å². The summed E-state index contributed by atoms with van der Waals surface area (Å²) in [5, 5.41) is 0. The number of carbonyl (C=O) groups is 1. The highest BCUT2D eigenvalue weighted by molar-refractivity contribution is 6.05. The second-order valence-corrected chi connectivity index (χ2v) is 3.19. The van der Waals surface area contributed by atoms with Crippen molar-refractivity contribution in [2.45, 2.75) is 13.8 Å². The van der Waals surface area contributed by atoms with E-state index in [1.54, 1.807) is 13.8 Å². The topological polar surface area (TPSA) is 17.1 Å². The van der Waals surface area contributed by atoms with Gasteiger partial charge in [-0.15, -0.1) is 0 Å². The zero-order valence-corrected chi connectivity index (χ0v) is 7.97. The van der Waals surface area contributed by atoms with Gasteiger partial charge < -0.3 is 0 Å². The van der Waals surface area contributed by atoms with Crippen LogP contribution in [-0.4, -0.2) is 5.78 Å². The smallest absolute Gasteiger partial charge is 0.188 e. The van der Waals surface area contributed by atoms with Gasteiger partial charge in [0, 0.05) is 0 Å². The maximum Gasteiger partial charge on any atom is 0.188 e. The molecule has 0 fully saturated rings. The number of allylic oxidation sites excluding steroid dienone is 2. The van der Waals surface area contributed by atoms with E-state index in [1.807, 2.05) is 0 Å². The standard InChI is InChI=1S/C11H10F2O/c1-7(2)6-10(14)8-4-3-5-9(12)11(8)13/h3-6H,1-2H3. The van der Waals surface area contributed by atoms with Crippen molar-refractivity contribution in [3.05, 3.63) is 47.0 Å². The summed E-state index contributed by atoms with van der Waals surface area (Å²) in [4.78, 5) is 11.3. The Balaban J connectivity index is 3.14. The average Bonchev–Trinajstić information content (AvgIpc) is 2.08. The van der Waals surface area contributed by atoms with Crippen molar-refractivity contribution in [1.29, 1.82) is 0 Å². The molecule has 0 aliphatic heterocycles. The van der Waals surface area contributed by atoms with Crippen molar-refractivity contribution in [2.24, 2.45) is 0 Å². The summed E-state index contributed by atoms with van der Waals surface area (Å²) in [6, 6.07) is 3.55. The van der Waals surface area contributed by atoms with Gasteiger partial charge in [-0.2, -0.15) is 0 Å². The van der Waals surface area contributed by atoms with E-state index in [4.69, 9.17) is 0 Å². The predicted octanol–water partition coefficient (Wildman–Crippen LogP) is 3.11. The Hall–Kier alpha value is -1.51. The van der Waals surface area contributed by atoms with Crippen molar-refractivity contribution >= 4 is 5.78 Å². The molecule has 1 aromatic carbocycles. The van der Waals surface area contributed by atoms with Crippen LogP contribution < -0.4 is 0 Å². The number of hydrogen-bond donors (Lipinski definition) is 0. The van der Waals surface area contributed by atoms with Gasteiger partial charge in [0.15, 0.2) is 17.4 Å². The average molecular weight is 196 g/mol. The molecular formula is C11H10F2O. The molecule has 1 aromatic rings. The molecule has 0 atom stereocenters. The lowest BCUT2D eigenvalue weighted by molar-refractivity contribution is 0.104. The van der Waals surface area contributed by atoms with Crippen LogP contribution in [0.25, 0.3) is 0 Å². The summed E-state index contributed by atoms with van der Waals surface area (Å²) in [5.41, 5.74) is 0.518. The third-order valence-corrected chi connectivity index (χ3v) is 1.64. The Morgan fingerprint density at radius 3 is 2.50 bits per heavy atom. The van der Waals surface area contributed by atoms with Crippen molar-refractivity contribution in [3.8, 4) is 0 Å². The Morgan fingerprint density at radius 2 is 1.93 bits per heavy atom. The van der Waals surface area contributed by atoms with Gasteiger partial charge >= 0.3 is 0 Å². The minimum Gasteiger partial charge on any atom is -0.289 e. The third-order valence-electron chi connectivity index (χ3n) is 1.64. The first-order valence-corrected chi connectivity index (χ1v) is 4.15. The number of rotatable bonds is 2. The Kier molecular flexibility index (Phi) is 3.12. The number of ketones is 1. The van der Waals surface area contributed by atoms with E-state index in [0.29, 0.717) is 0 Å². The van der Waals surface area contributed by atoms with Crippen LogP contribution in [0.5, 0.6) is 0 Å². The molecule has 0 bridgehead atoms. The van der Waals surface area contributed by atoms with E-state index >= 15 is 0 Å². The molecule has 14 heavy (non-hydrogen) atoms. The summed E-state index contributed by atoms with van der Waals surface area (Å²) in [6.07, 6.45) is 1.28. The SMILES string of the molecule is CC(C)=CC(=O)c1cccc(F)c1F. The maximum absolute atomic E-state index is 13.1. The van der Waals surface area contributed by atoms with E-state index in [1.165, 1.54) is 18.2 Å². The quantitative estimate of drug-likeness (QED) is 0.524.